The molecule has 0 bridgehead atoms. The number of carbonyl (C=O) groups excluding carboxylic acids is 1. The van der Waals surface area contributed by atoms with E-state index in [-0.39, 0.29) is 0 Å². The molecule has 1 aliphatic rings. The van der Waals surface area contributed by atoms with Gasteiger partial charge in [0.2, 0.25) is 0 Å². The summed E-state index contributed by atoms with van der Waals surface area (Å²) in [6.07, 6.45) is 8.01. The summed E-state index contributed by atoms with van der Waals surface area (Å²) >= 11 is 0. The molecule has 2 aromatic heterocycles. The number of rotatable bonds is 2. The average molecular weight is 244 g/mol. The minimum absolute atomic E-state index is 0.437. The maximum atomic E-state index is 11.3. The van der Waals surface area contributed by atoms with E-state index in [1.807, 2.05) is 16.7 Å². The lowest BCUT2D eigenvalue weighted by atomic mass is 9.89. The van der Waals surface area contributed by atoms with Crippen LogP contribution in [-0.4, -0.2) is 20.5 Å². The second-order valence-electron chi connectivity index (χ2n) is 4.87. The normalized spacial score (nSPS) is 17.1. The number of fused-ring (bicyclic) bond motifs is 1. The van der Waals surface area contributed by atoms with Crippen LogP contribution in [0.2, 0.25) is 0 Å². The molecule has 1 aliphatic carbocycles. The summed E-state index contributed by atoms with van der Waals surface area (Å²) in [5.41, 5.74) is 6.36. The van der Waals surface area contributed by atoms with Crippen LogP contribution in [0.15, 0.2) is 18.3 Å². The molecule has 0 spiro atoms. The molecule has 5 nitrogen and oxygen atoms in total. The number of carbonyl (C=O) groups is 1. The van der Waals surface area contributed by atoms with Crippen molar-refractivity contribution in [1.29, 1.82) is 0 Å². The lowest BCUT2D eigenvalue weighted by Crippen LogP contribution is -2.13. The van der Waals surface area contributed by atoms with E-state index >= 15 is 0 Å². The second-order valence-corrected chi connectivity index (χ2v) is 4.87. The minimum Gasteiger partial charge on any atom is -0.365 e. The topological polar surface area (TPSA) is 73.3 Å². The standard InChI is InChI=1S/C13H16N4O/c14-11(18)10-7-4-8-17-12(15-16-13(10)17)9-5-2-1-3-6-9/h4,7-9H,1-3,5-6H2,(H2,14,18). The van der Waals surface area contributed by atoms with Crippen LogP contribution in [0, 0.1) is 0 Å². The molecule has 0 saturated heterocycles. The van der Waals surface area contributed by atoms with Crippen molar-refractivity contribution in [3.63, 3.8) is 0 Å². The van der Waals surface area contributed by atoms with Gasteiger partial charge in [0.25, 0.3) is 5.91 Å². The van der Waals surface area contributed by atoms with Crippen LogP contribution < -0.4 is 5.73 Å². The third-order valence-corrected chi connectivity index (χ3v) is 3.70. The van der Waals surface area contributed by atoms with Crippen molar-refractivity contribution < 1.29 is 4.79 Å². The summed E-state index contributed by atoms with van der Waals surface area (Å²) in [4.78, 5) is 11.3. The Balaban J connectivity index is 2.08. The molecular weight excluding hydrogens is 228 g/mol. The largest absolute Gasteiger partial charge is 0.365 e. The molecule has 0 radical (unpaired) electrons. The highest BCUT2D eigenvalue weighted by atomic mass is 16.1. The Hall–Kier alpha value is -1.91. The molecule has 2 aromatic rings. The monoisotopic (exact) mass is 244 g/mol. The van der Waals surface area contributed by atoms with Gasteiger partial charge < -0.3 is 5.73 Å². The van der Waals surface area contributed by atoms with E-state index in [1.165, 1.54) is 19.3 Å². The van der Waals surface area contributed by atoms with E-state index < -0.39 is 5.91 Å². The molecule has 1 saturated carbocycles. The van der Waals surface area contributed by atoms with Gasteiger partial charge in [0, 0.05) is 12.1 Å². The molecule has 5 heteroatoms. The van der Waals surface area contributed by atoms with Gasteiger partial charge in [0.1, 0.15) is 5.82 Å². The van der Waals surface area contributed by atoms with E-state index in [0.29, 0.717) is 17.1 Å². The zero-order valence-corrected chi connectivity index (χ0v) is 10.2. The van der Waals surface area contributed by atoms with Crippen LogP contribution in [0.1, 0.15) is 54.2 Å². The lowest BCUT2D eigenvalue weighted by molar-refractivity contribution is 0.100. The van der Waals surface area contributed by atoms with Crippen molar-refractivity contribution in [2.45, 2.75) is 38.0 Å². The van der Waals surface area contributed by atoms with Crippen molar-refractivity contribution in [1.82, 2.24) is 14.6 Å². The lowest BCUT2D eigenvalue weighted by Gasteiger charge is -2.19. The quantitative estimate of drug-likeness (QED) is 0.876. The van der Waals surface area contributed by atoms with Crippen molar-refractivity contribution in [3.8, 4) is 0 Å². The zero-order chi connectivity index (χ0) is 12.5. The van der Waals surface area contributed by atoms with Gasteiger partial charge >= 0.3 is 0 Å². The van der Waals surface area contributed by atoms with E-state index in [0.717, 1.165) is 18.7 Å². The third kappa shape index (κ3) is 1.75. The third-order valence-electron chi connectivity index (χ3n) is 3.70. The first-order chi connectivity index (χ1) is 8.77. The predicted octanol–water partition coefficient (Wildman–Crippen LogP) is 1.88. The molecule has 18 heavy (non-hydrogen) atoms. The Kier molecular flexibility index (Phi) is 2.74. The number of pyridine rings is 1. The first-order valence-corrected chi connectivity index (χ1v) is 6.41. The van der Waals surface area contributed by atoms with Crippen molar-refractivity contribution in [3.05, 3.63) is 29.7 Å². The summed E-state index contributed by atoms with van der Waals surface area (Å²) in [7, 11) is 0. The van der Waals surface area contributed by atoms with Crippen molar-refractivity contribution in [2.24, 2.45) is 5.73 Å². The van der Waals surface area contributed by atoms with Crippen molar-refractivity contribution in [2.75, 3.05) is 0 Å². The number of aromatic nitrogens is 3. The summed E-state index contributed by atoms with van der Waals surface area (Å²) in [5.74, 6) is 0.966. The number of nitrogens with two attached hydrogens (primary N) is 1. The van der Waals surface area contributed by atoms with E-state index in [9.17, 15) is 4.79 Å². The highest BCUT2D eigenvalue weighted by Gasteiger charge is 2.22. The molecule has 2 heterocycles. The van der Waals surface area contributed by atoms with Gasteiger partial charge in [-0.15, -0.1) is 10.2 Å². The van der Waals surface area contributed by atoms with Crippen LogP contribution >= 0.6 is 0 Å². The van der Waals surface area contributed by atoms with E-state index in [2.05, 4.69) is 10.2 Å². The molecule has 3 rings (SSSR count). The van der Waals surface area contributed by atoms with Crippen LogP contribution in [0.3, 0.4) is 0 Å². The van der Waals surface area contributed by atoms with E-state index in [1.54, 1.807) is 6.07 Å². The summed E-state index contributed by atoms with van der Waals surface area (Å²) in [6.45, 7) is 0. The molecule has 0 atom stereocenters. The van der Waals surface area contributed by atoms with Crippen LogP contribution in [0.25, 0.3) is 5.65 Å². The molecule has 2 N–H and O–H groups in total. The Labute approximate surface area is 105 Å². The molecule has 1 amide bonds. The van der Waals surface area contributed by atoms with Gasteiger partial charge in [0.15, 0.2) is 5.65 Å². The molecule has 94 valence electrons. The van der Waals surface area contributed by atoms with Crippen molar-refractivity contribution >= 4 is 11.6 Å². The van der Waals surface area contributed by atoms with Crippen LogP contribution in [0.4, 0.5) is 0 Å². The number of primary amides is 1. The zero-order valence-electron chi connectivity index (χ0n) is 10.2. The van der Waals surface area contributed by atoms with Crippen LogP contribution in [0.5, 0.6) is 0 Å². The van der Waals surface area contributed by atoms with E-state index in [4.69, 9.17) is 5.73 Å². The van der Waals surface area contributed by atoms with Gasteiger partial charge in [0.05, 0.1) is 5.56 Å². The van der Waals surface area contributed by atoms with Gasteiger partial charge in [-0.3, -0.25) is 9.20 Å². The number of nitrogens with zero attached hydrogens (tertiary/aromatic N) is 3. The Morgan fingerprint density at radius 3 is 2.78 bits per heavy atom. The first-order valence-electron chi connectivity index (χ1n) is 6.41. The fraction of sp³-hybridized carbons (Fsp3) is 0.462. The molecule has 1 fully saturated rings. The second kappa shape index (κ2) is 4.40. The van der Waals surface area contributed by atoms with Gasteiger partial charge in [-0.05, 0) is 25.0 Å². The first kappa shape index (κ1) is 11.2. The smallest absolute Gasteiger partial charge is 0.252 e. The number of hydrogen-bond acceptors (Lipinski definition) is 3. The SMILES string of the molecule is NC(=O)c1cccn2c(C3CCCCC3)nnc12. The number of hydrogen-bond donors (Lipinski definition) is 1. The highest BCUT2D eigenvalue weighted by Crippen LogP contribution is 2.31. The van der Waals surface area contributed by atoms with Gasteiger partial charge in [-0.2, -0.15) is 0 Å². The summed E-state index contributed by atoms with van der Waals surface area (Å²) in [5, 5.41) is 8.39. The van der Waals surface area contributed by atoms with Gasteiger partial charge in [-0.1, -0.05) is 19.3 Å². The Morgan fingerprint density at radius 1 is 1.28 bits per heavy atom. The average Bonchev–Trinajstić information content (AvgIpc) is 2.83. The Morgan fingerprint density at radius 2 is 2.06 bits per heavy atom. The number of amides is 1. The summed E-state index contributed by atoms with van der Waals surface area (Å²) < 4.78 is 1.91. The molecular formula is C13H16N4O. The summed E-state index contributed by atoms with van der Waals surface area (Å²) in [6, 6.07) is 3.51. The Bertz CT molecular complexity index is 584. The molecule has 0 aromatic carbocycles. The fourth-order valence-electron chi connectivity index (χ4n) is 2.77. The fourth-order valence-corrected chi connectivity index (χ4v) is 2.77. The van der Waals surface area contributed by atoms with Crippen LogP contribution in [-0.2, 0) is 0 Å². The minimum atomic E-state index is -0.455. The molecule has 0 aliphatic heterocycles. The molecule has 0 unspecified atom stereocenters. The maximum absolute atomic E-state index is 11.3. The highest BCUT2D eigenvalue weighted by molar-refractivity contribution is 5.98. The predicted molar refractivity (Wildman–Crippen MR) is 67.3 cm³/mol. The van der Waals surface area contributed by atoms with Gasteiger partial charge in [-0.25, -0.2) is 0 Å². The maximum Gasteiger partial charge on any atom is 0.252 e.